The normalized spacial score (nSPS) is 18.3. The van der Waals surface area contributed by atoms with Gasteiger partial charge in [0.05, 0.1) is 12.5 Å². The maximum Gasteiger partial charge on any atom is 0.319 e. The molecule has 0 aliphatic carbocycles. The number of nitrogens with one attached hydrogen (secondary N) is 2. The lowest BCUT2D eigenvalue weighted by atomic mass is 10.1. The Morgan fingerprint density at radius 2 is 2.00 bits per heavy atom. The van der Waals surface area contributed by atoms with Crippen LogP contribution >= 0.6 is 0 Å². The van der Waals surface area contributed by atoms with Crippen LogP contribution in [0.15, 0.2) is 18.2 Å². The highest BCUT2D eigenvalue weighted by Crippen LogP contribution is 2.19. The zero-order valence-corrected chi connectivity index (χ0v) is 10.4. The second-order valence-corrected chi connectivity index (χ2v) is 4.45. The number of amides is 2. The molecule has 1 atom stereocenters. The Morgan fingerprint density at radius 1 is 1.33 bits per heavy atom. The van der Waals surface area contributed by atoms with Gasteiger partial charge in [-0.1, -0.05) is 18.2 Å². The predicted molar refractivity (Wildman–Crippen MR) is 67.4 cm³/mol. The molecule has 2 rings (SSSR count). The molecule has 96 valence electrons. The molecular formula is C13H16N2O3. The number of benzene rings is 1. The average molecular weight is 248 g/mol. The molecule has 0 aromatic heterocycles. The second kappa shape index (κ2) is 5.08. The molecule has 1 fully saturated rings. The number of para-hydroxylation sites is 1. The number of ether oxygens (including phenoxy) is 1. The zero-order valence-electron chi connectivity index (χ0n) is 10.4. The van der Waals surface area contributed by atoms with Crippen LogP contribution in [0.3, 0.4) is 0 Å². The molecule has 0 unspecified atom stereocenters. The maximum absolute atomic E-state index is 11.8. The van der Waals surface area contributed by atoms with Gasteiger partial charge in [0.15, 0.2) is 0 Å². The molecule has 2 amide bonds. The third-order valence-electron chi connectivity index (χ3n) is 2.91. The summed E-state index contributed by atoms with van der Waals surface area (Å²) < 4.78 is 4.78. The van der Waals surface area contributed by atoms with Crippen molar-refractivity contribution in [1.82, 2.24) is 5.32 Å². The number of esters is 1. The second-order valence-electron chi connectivity index (χ2n) is 4.45. The molecule has 2 N–H and O–H groups in total. The van der Waals surface area contributed by atoms with E-state index in [1.807, 2.05) is 32.0 Å². The number of hydrogen-bond acceptors (Lipinski definition) is 3. The van der Waals surface area contributed by atoms with E-state index in [1.54, 1.807) is 0 Å². The molecule has 1 saturated heterocycles. The number of carbonyl (C=O) groups is 2. The van der Waals surface area contributed by atoms with Crippen molar-refractivity contribution in [1.29, 1.82) is 0 Å². The molecule has 0 bridgehead atoms. The summed E-state index contributed by atoms with van der Waals surface area (Å²) >= 11 is 0. The van der Waals surface area contributed by atoms with Gasteiger partial charge in [0.25, 0.3) is 0 Å². The Balaban J connectivity index is 1.97. The van der Waals surface area contributed by atoms with Crippen LogP contribution in [0.1, 0.15) is 17.5 Å². The topological polar surface area (TPSA) is 67.4 Å². The van der Waals surface area contributed by atoms with Gasteiger partial charge in [-0.3, -0.25) is 4.79 Å². The standard InChI is InChI=1S/C13H16N2O3/c1-8-4-3-5-9(2)12(8)15-13(17)14-10-6-11(16)18-7-10/h3-5,10H,6-7H2,1-2H3,(H2,14,15,17)/t10-/m0/s1. The van der Waals surface area contributed by atoms with E-state index in [1.165, 1.54) is 0 Å². The number of carbonyl (C=O) groups excluding carboxylic acids is 2. The summed E-state index contributed by atoms with van der Waals surface area (Å²) in [5, 5.41) is 5.52. The van der Waals surface area contributed by atoms with Crippen molar-refractivity contribution in [2.24, 2.45) is 0 Å². The lowest BCUT2D eigenvalue weighted by Gasteiger charge is -2.14. The third kappa shape index (κ3) is 2.80. The van der Waals surface area contributed by atoms with Crippen LogP contribution in [-0.2, 0) is 9.53 Å². The minimum absolute atomic E-state index is 0.234. The summed E-state index contributed by atoms with van der Waals surface area (Å²) in [5.74, 6) is -0.271. The largest absolute Gasteiger partial charge is 0.463 e. The molecule has 0 saturated carbocycles. The molecule has 1 aliphatic rings. The molecule has 5 heteroatoms. The molecule has 1 aromatic carbocycles. The third-order valence-corrected chi connectivity index (χ3v) is 2.91. The number of hydrogen-bond donors (Lipinski definition) is 2. The highest BCUT2D eigenvalue weighted by molar-refractivity contribution is 5.91. The van der Waals surface area contributed by atoms with E-state index in [4.69, 9.17) is 4.74 Å². The minimum Gasteiger partial charge on any atom is -0.463 e. The lowest BCUT2D eigenvalue weighted by molar-refractivity contribution is -0.137. The van der Waals surface area contributed by atoms with Crippen molar-refractivity contribution in [3.05, 3.63) is 29.3 Å². The maximum atomic E-state index is 11.8. The molecule has 1 aromatic rings. The smallest absolute Gasteiger partial charge is 0.319 e. The fraction of sp³-hybridized carbons (Fsp3) is 0.385. The number of cyclic esters (lactones) is 1. The van der Waals surface area contributed by atoms with Crippen LogP contribution in [0.4, 0.5) is 10.5 Å². The van der Waals surface area contributed by atoms with Crippen molar-refractivity contribution in [3.8, 4) is 0 Å². The van der Waals surface area contributed by atoms with E-state index < -0.39 is 0 Å². The predicted octanol–water partition coefficient (Wildman–Crippen LogP) is 1.74. The number of aryl methyl sites for hydroxylation is 2. The van der Waals surface area contributed by atoms with Gasteiger partial charge in [-0.15, -0.1) is 0 Å². The van der Waals surface area contributed by atoms with Crippen LogP contribution in [0.2, 0.25) is 0 Å². The van der Waals surface area contributed by atoms with Crippen LogP contribution in [0, 0.1) is 13.8 Å². The Hall–Kier alpha value is -2.04. The Kier molecular flexibility index (Phi) is 3.50. The minimum atomic E-state index is -0.310. The van der Waals surface area contributed by atoms with Gasteiger partial charge in [-0.05, 0) is 25.0 Å². The van der Waals surface area contributed by atoms with E-state index >= 15 is 0 Å². The number of rotatable bonds is 2. The molecule has 0 spiro atoms. The number of urea groups is 1. The van der Waals surface area contributed by atoms with Gasteiger partial charge in [0.2, 0.25) is 0 Å². The summed E-state index contributed by atoms with van der Waals surface area (Å²) in [6.45, 7) is 4.12. The quantitative estimate of drug-likeness (QED) is 0.783. The van der Waals surface area contributed by atoms with Crippen LogP contribution in [0.5, 0.6) is 0 Å². The highest BCUT2D eigenvalue weighted by Gasteiger charge is 2.25. The summed E-state index contributed by atoms with van der Waals surface area (Å²) in [5.41, 5.74) is 2.81. The van der Waals surface area contributed by atoms with Gasteiger partial charge in [-0.2, -0.15) is 0 Å². The van der Waals surface area contributed by atoms with E-state index in [9.17, 15) is 9.59 Å². The monoisotopic (exact) mass is 248 g/mol. The van der Waals surface area contributed by atoms with Crippen LogP contribution in [-0.4, -0.2) is 24.6 Å². The molecule has 1 aliphatic heterocycles. The van der Waals surface area contributed by atoms with Crippen molar-refractivity contribution in [2.45, 2.75) is 26.3 Å². The lowest BCUT2D eigenvalue weighted by Crippen LogP contribution is -2.38. The van der Waals surface area contributed by atoms with Gasteiger partial charge in [-0.25, -0.2) is 4.79 Å². The van der Waals surface area contributed by atoms with Crippen molar-refractivity contribution < 1.29 is 14.3 Å². The fourth-order valence-corrected chi connectivity index (χ4v) is 1.95. The molecular weight excluding hydrogens is 232 g/mol. The summed E-state index contributed by atoms with van der Waals surface area (Å²) in [6.07, 6.45) is 0.236. The highest BCUT2D eigenvalue weighted by atomic mass is 16.5. The molecule has 1 heterocycles. The molecule has 5 nitrogen and oxygen atoms in total. The first kappa shape index (κ1) is 12.4. The Labute approximate surface area is 106 Å². The van der Waals surface area contributed by atoms with E-state index in [0.717, 1.165) is 16.8 Å². The van der Waals surface area contributed by atoms with Gasteiger partial charge in [0.1, 0.15) is 6.61 Å². The van der Waals surface area contributed by atoms with Crippen molar-refractivity contribution in [3.63, 3.8) is 0 Å². The van der Waals surface area contributed by atoms with Gasteiger partial charge >= 0.3 is 12.0 Å². The van der Waals surface area contributed by atoms with Gasteiger partial charge in [0, 0.05) is 5.69 Å². The summed E-state index contributed by atoms with van der Waals surface area (Å²) in [6, 6.07) is 5.27. The SMILES string of the molecule is Cc1cccc(C)c1NC(=O)N[C@@H]1COC(=O)C1. The summed E-state index contributed by atoms with van der Waals surface area (Å²) in [7, 11) is 0. The van der Waals surface area contributed by atoms with E-state index in [2.05, 4.69) is 10.6 Å². The summed E-state index contributed by atoms with van der Waals surface area (Å²) in [4.78, 5) is 22.7. The first-order valence-electron chi connectivity index (χ1n) is 5.85. The molecule has 0 radical (unpaired) electrons. The van der Waals surface area contributed by atoms with Crippen molar-refractivity contribution in [2.75, 3.05) is 11.9 Å². The van der Waals surface area contributed by atoms with E-state index in [0.29, 0.717) is 0 Å². The number of anilines is 1. The van der Waals surface area contributed by atoms with Crippen LogP contribution < -0.4 is 10.6 Å². The van der Waals surface area contributed by atoms with Crippen LogP contribution in [0.25, 0.3) is 0 Å². The van der Waals surface area contributed by atoms with Gasteiger partial charge < -0.3 is 15.4 Å². The molecule has 18 heavy (non-hydrogen) atoms. The zero-order chi connectivity index (χ0) is 13.1. The average Bonchev–Trinajstić information content (AvgIpc) is 2.69. The fourth-order valence-electron chi connectivity index (χ4n) is 1.95. The first-order chi connectivity index (χ1) is 8.56. The first-order valence-corrected chi connectivity index (χ1v) is 5.85. The van der Waals surface area contributed by atoms with Crippen molar-refractivity contribution >= 4 is 17.7 Å². The van der Waals surface area contributed by atoms with E-state index in [-0.39, 0.29) is 31.1 Å². The Morgan fingerprint density at radius 3 is 2.56 bits per heavy atom. The Bertz CT molecular complexity index is 465.